The normalized spacial score (nSPS) is 14.5. The lowest BCUT2D eigenvalue weighted by molar-refractivity contribution is -0.120. The van der Waals surface area contributed by atoms with E-state index in [0.29, 0.717) is 12.2 Å². The monoisotopic (exact) mass is 330 g/mol. The van der Waals surface area contributed by atoms with Gasteiger partial charge in [0.1, 0.15) is 5.69 Å². The topological polar surface area (TPSA) is 50.2 Å². The van der Waals surface area contributed by atoms with E-state index >= 15 is 0 Å². The Morgan fingerprint density at radius 1 is 1.59 bits per heavy atom. The third-order valence-corrected chi connectivity index (χ3v) is 3.51. The fourth-order valence-electron chi connectivity index (χ4n) is 1.95. The van der Waals surface area contributed by atoms with E-state index in [1.807, 2.05) is 12.2 Å². The summed E-state index contributed by atoms with van der Waals surface area (Å²) in [5.74, 6) is -3.30. The van der Waals surface area contributed by atoms with Gasteiger partial charge in [-0.3, -0.25) is 4.79 Å². The Bertz CT molecular complexity index is 619. The average Bonchev–Trinajstić information content (AvgIpc) is 2.86. The molecule has 8 heteroatoms. The highest BCUT2D eigenvalue weighted by Gasteiger charge is 2.25. The zero-order chi connectivity index (χ0) is 16.3. The molecule has 0 spiro atoms. The maximum atomic E-state index is 12.8. The predicted octanol–water partition coefficient (Wildman–Crippen LogP) is 2.89. The molecule has 0 aliphatic carbocycles. The molecule has 1 aliphatic heterocycles. The van der Waals surface area contributed by atoms with Crippen LogP contribution >= 0.6 is 11.6 Å². The zero-order valence-corrected chi connectivity index (χ0v) is 13.1. The van der Waals surface area contributed by atoms with E-state index in [4.69, 9.17) is 11.6 Å². The number of amides is 1. The molecule has 0 aromatic carbocycles. The van der Waals surface area contributed by atoms with Crippen molar-refractivity contribution in [1.29, 1.82) is 0 Å². The molecular formula is C14H17ClF2N4O. The van der Waals surface area contributed by atoms with Crippen molar-refractivity contribution in [3.63, 3.8) is 0 Å². The number of rotatable bonds is 5. The van der Waals surface area contributed by atoms with Crippen LogP contribution in [0.1, 0.15) is 19.8 Å². The van der Waals surface area contributed by atoms with E-state index < -0.39 is 18.3 Å². The first-order valence-corrected chi connectivity index (χ1v) is 7.15. The zero-order valence-electron chi connectivity index (χ0n) is 12.3. The number of nitrogens with one attached hydrogen (secondary N) is 1. The van der Waals surface area contributed by atoms with Crippen molar-refractivity contribution >= 4 is 28.9 Å². The first kappa shape index (κ1) is 16.5. The molecule has 2 rings (SSSR count). The second-order valence-corrected chi connectivity index (χ2v) is 5.53. The highest BCUT2D eigenvalue weighted by Crippen LogP contribution is 2.27. The van der Waals surface area contributed by atoms with E-state index in [0.717, 1.165) is 12.6 Å². The summed E-state index contributed by atoms with van der Waals surface area (Å²) in [6.07, 6.45) is 6.35. The third-order valence-electron chi connectivity index (χ3n) is 3.24. The Kier molecular flexibility index (Phi) is 4.85. The fraction of sp³-hybridized carbons (Fsp3) is 0.429. The number of hydrogen-bond acceptors (Lipinski definition) is 3. The number of halogens is 3. The number of allylic oxidation sites excluding steroid dienone is 2. The molecule has 1 aromatic heterocycles. The number of nitrogens with zero attached hydrogens (tertiary/aromatic N) is 3. The smallest absolute Gasteiger partial charge is 0.245 e. The number of carbonyl (C=O) groups is 1. The minimum Gasteiger partial charge on any atom is -0.385 e. The molecule has 120 valence electrons. The van der Waals surface area contributed by atoms with Crippen LogP contribution < -0.4 is 10.2 Å². The van der Waals surface area contributed by atoms with Crippen LogP contribution in [0.4, 0.5) is 14.5 Å². The van der Waals surface area contributed by atoms with Gasteiger partial charge in [0.2, 0.25) is 11.8 Å². The molecule has 1 aliphatic rings. The number of carbonyl (C=O) groups excluding carboxylic acids is 1. The number of hydrogen-bond donors (Lipinski definition) is 1. The lowest BCUT2D eigenvalue weighted by Crippen LogP contribution is -2.27. The summed E-state index contributed by atoms with van der Waals surface area (Å²) in [6, 6.07) is 0. The molecule has 0 bridgehead atoms. The van der Waals surface area contributed by atoms with Gasteiger partial charge in [0.25, 0.3) is 0 Å². The Morgan fingerprint density at radius 3 is 2.91 bits per heavy atom. The Labute approximate surface area is 132 Å². The molecule has 1 amide bonds. The summed E-state index contributed by atoms with van der Waals surface area (Å²) in [4.78, 5) is 13.2. The van der Waals surface area contributed by atoms with Gasteiger partial charge in [0.05, 0.1) is 18.4 Å². The van der Waals surface area contributed by atoms with E-state index in [-0.39, 0.29) is 11.6 Å². The predicted molar refractivity (Wildman–Crippen MR) is 81.9 cm³/mol. The van der Waals surface area contributed by atoms with Gasteiger partial charge in [0, 0.05) is 19.9 Å². The average molecular weight is 331 g/mol. The van der Waals surface area contributed by atoms with Crippen molar-refractivity contribution in [2.75, 3.05) is 18.5 Å². The van der Waals surface area contributed by atoms with Gasteiger partial charge in [-0.05, 0) is 25.3 Å². The number of aromatic nitrogens is 2. The maximum absolute atomic E-state index is 12.8. The molecule has 0 unspecified atom stereocenters. The minimum atomic E-state index is -2.87. The Morgan fingerprint density at radius 2 is 2.32 bits per heavy atom. The van der Waals surface area contributed by atoms with E-state index in [9.17, 15) is 13.6 Å². The largest absolute Gasteiger partial charge is 0.385 e. The third kappa shape index (κ3) is 4.07. The highest BCUT2D eigenvalue weighted by atomic mass is 35.5. The lowest BCUT2D eigenvalue weighted by Gasteiger charge is -2.17. The summed E-state index contributed by atoms with van der Waals surface area (Å²) in [5.41, 5.74) is 1.25. The maximum Gasteiger partial charge on any atom is 0.245 e. The van der Waals surface area contributed by atoms with Crippen molar-refractivity contribution in [3.05, 3.63) is 29.7 Å². The standard InChI is InChI=1S/C14H17ClF2N4O/c1-14(16,17)6-5-12(22)20(2)11-9-21(19-13(11)15)10-4-3-7-18-8-10/h3-4,7,9,18H,5-6,8H2,1-2H3. The summed E-state index contributed by atoms with van der Waals surface area (Å²) in [7, 11) is 1.50. The molecular weight excluding hydrogens is 314 g/mol. The molecule has 0 saturated carbocycles. The van der Waals surface area contributed by atoms with Gasteiger partial charge in [-0.25, -0.2) is 13.5 Å². The molecule has 0 atom stereocenters. The fourth-order valence-corrected chi connectivity index (χ4v) is 2.21. The number of dihydropyridines is 1. The van der Waals surface area contributed by atoms with E-state index in [1.54, 1.807) is 17.1 Å². The van der Waals surface area contributed by atoms with Crippen molar-refractivity contribution in [3.8, 4) is 0 Å². The van der Waals surface area contributed by atoms with Crippen LogP contribution in [0.25, 0.3) is 5.70 Å². The van der Waals surface area contributed by atoms with E-state index in [1.165, 1.54) is 11.9 Å². The molecule has 2 heterocycles. The highest BCUT2D eigenvalue weighted by molar-refractivity contribution is 6.32. The van der Waals surface area contributed by atoms with Crippen molar-refractivity contribution in [2.45, 2.75) is 25.7 Å². The van der Waals surface area contributed by atoms with Gasteiger partial charge >= 0.3 is 0 Å². The van der Waals surface area contributed by atoms with Crippen molar-refractivity contribution < 1.29 is 13.6 Å². The van der Waals surface area contributed by atoms with Gasteiger partial charge in [0.15, 0.2) is 5.15 Å². The number of alkyl halides is 2. The van der Waals surface area contributed by atoms with Gasteiger partial charge < -0.3 is 10.2 Å². The summed E-state index contributed by atoms with van der Waals surface area (Å²) >= 11 is 6.05. The molecule has 5 nitrogen and oxygen atoms in total. The first-order valence-electron chi connectivity index (χ1n) is 6.77. The molecule has 0 saturated heterocycles. The van der Waals surface area contributed by atoms with Gasteiger partial charge in [-0.1, -0.05) is 11.6 Å². The van der Waals surface area contributed by atoms with Gasteiger partial charge in [-0.2, -0.15) is 5.10 Å². The van der Waals surface area contributed by atoms with Crippen LogP contribution in [0, 0.1) is 0 Å². The summed E-state index contributed by atoms with van der Waals surface area (Å²) < 4.78 is 27.2. The van der Waals surface area contributed by atoms with Crippen molar-refractivity contribution in [2.24, 2.45) is 0 Å². The van der Waals surface area contributed by atoms with Crippen LogP contribution in [0.15, 0.2) is 24.5 Å². The molecule has 22 heavy (non-hydrogen) atoms. The SMILES string of the molecule is CN(C(=O)CCC(C)(F)F)c1cn(C2=CC=CNC2)nc1Cl. The molecule has 0 radical (unpaired) electrons. The van der Waals surface area contributed by atoms with E-state index in [2.05, 4.69) is 10.4 Å². The Balaban J connectivity index is 2.11. The van der Waals surface area contributed by atoms with Crippen molar-refractivity contribution in [1.82, 2.24) is 15.1 Å². The summed E-state index contributed by atoms with van der Waals surface area (Å²) in [6.45, 7) is 1.37. The van der Waals surface area contributed by atoms with Crippen LogP contribution in [-0.4, -0.2) is 35.2 Å². The van der Waals surface area contributed by atoms with Crippen LogP contribution in [-0.2, 0) is 4.79 Å². The molecule has 1 N–H and O–H groups in total. The van der Waals surface area contributed by atoms with Crippen LogP contribution in [0.3, 0.4) is 0 Å². The quantitative estimate of drug-likeness (QED) is 0.903. The van der Waals surface area contributed by atoms with Gasteiger partial charge in [-0.15, -0.1) is 0 Å². The second kappa shape index (κ2) is 6.48. The minimum absolute atomic E-state index is 0.148. The van der Waals surface area contributed by atoms with Crippen LogP contribution in [0.2, 0.25) is 5.15 Å². The summed E-state index contributed by atoms with van der Waals surface area (Å²) in [5, 5.41) is 7.33. The lowest BCUT2D eigenvalue weighted by atomic mass is 10.2. The first-order chi connectivity index (χ1) is 10.3. The Hall–Kier alpha value is -1.89. The number of anilines is 1. The molecule has 0 fully saturated rings. The van der Waals surface area contributed by atoms with Crippen LogP contribution in [0.5, 0.6) is 0 Å². The second-order valence-electron chi connectivity index (χ2n) is 5.17. The molecule has 1 aromatic rings.